The van der Waals surface area contributed by atoms with Crippen LogP contribution in [0.4, 0.5) is 0 Å². The number of fused-ring (bicyclic) bond motifs is 1. The molecule has 0 radical (unpaired) electrons. The van der Waals surface area contributed by atoms with E-state index in [1.54, 1.807) is 0 Å². The van der Waals surface area contributed by atoms with E-state index in [1.807, 2.05) is 25.1 Å². The zero-order valence-corrected chi connectivity index (χ0v) is 11.8. The Morgan fingerprint density at radius 2 is 1.89 bits per heavy atom. The molecule has 3 nitrogen and oxygen atoms in total. The molecule has 0 saturated heterocycles. The lowest BCUT2D eigenvalue weighted by Gasteiger charge is -2.19. The summed E-state index contributed by atoms with van der Waals surface area (Å²) in [5.74, 6) is 0.754. The lowest BCUT2D eigenvalue weighted by atomic mass is 10.0. The SMILES string of the molecule is Cc1nc2ccccc2c(C2=NCC(C)(C)O2)c1C. The maximum atomic E-state index is 6.00. The van der Waals surface area contributed by atoms with E-state index in [-0.39, 0.29) is 5.60 Å². The Bertz CT molecular complexity index is 686. The number of para-hydroxylation sites is 1. The van der Waals surface area contributed by atoms with E-state index in [9.17, 15) is 0 Å². The van der Waals surface area contributed by atoms with Gasteiger partial charge in [-0.2, -0.15) is 0 Å². The highest BCUT2D eigenvalue weighted by atomic mass is 16.5. The van der Waals surface area contributed by atoms with Crippen molar-refractivity contribution in [2.45, 2.75) is 33.3 Å². The van der Waals surface area contributed by atoms with Crippen molar-refractivity contribution < 1.29 is 4.74 Å². The minimum atomic E-state index is -0.208. The van der Waals surface area contributed by atoms with E-state index in [1.165, 1.54) is 0 Å². The molecule has 0 saturated carbocycles. The zero-order chi connectivity index (χ0) is 13.6. The molecule has 1 aliphatic heterocycles. The molecule has 0 amide bonds. The smallest absolute Gasteiger partial charge is 0.217 e. The first-order chi connectivity index (χ1) is 8.98. The van der Waals surface area contributed by atoms with Crippen LogP contribution in [0.3, 0.4) is 0 Å². The molecule has 3 rings (SSSR count). The maximum Gasteiger partial charge on any atom is 0.217 e. The van der Waals surface area contributed by atoms with Gasteiger partial charge in [-0.15, -0.1) is 0 Å². The van der Waals surface area contributed by atoms with Crippen LogP contribution in [-0.4, -0.2) is 23.0 Å². The van der Waals surface area contributed by atoms with Crippen molar-refractivity contribution in [3.8, 4) is 0 Å². The van der Waals surface area contributed by atoms with E-state index >= 15 is 0 Å². The molecule has 0 spiro atoms. The molecule has 1 aromatic heterocycles. The van der Waals surface area contributed by atoms with Crippen molar-refractivity contribution >= 4 is 16.8 Å². The third-order valence-electron chi connectivity index (χ3n) is 3.57. The number of aryl methyl sites for hydroxylation is 1. The van der Waals surface area contributed by atoms with Gasteiger partial charge in [-0.05, 0) is 39.3 Å². The van der Waals surface area contributed by atoms with Crippen molar-refractivity contribution in [1.29, 1.82) is 0 Å². The number of nitrogens with zero attached hydrogens (tertiary/aromatic N) is 2. The Labute approximate surface area is 113 Å². The second kappa shape index (κ2) is 4.05. The van der Waals surface area contributed by atoms with Crippen molar-refractivity contribution in [2.24, 2.45) is 4.99 Å². The van der Waals surface area contributed by atoms with Crippen LogP contribution in [-0.2, 0) is 4.74 Å². The van der Waals surface area contributed by atoms with Crippen LogP contribution in [0.2, 0.25) is 0 Å². The van der Waals surface area contributed by atoms with E-state index in [0.717, 1.165) is 33.6 Å². The number of rotatable bonds is 1. The number of hydrogen-bond acceptors (Lipinski definition) is 3. The van der Waals surface area contributed by atoms with Gasteiger partial charge < -0.3 is 4.74 Å². The minimum absolute atomic E-state index is 0.208. The fraction of sp³-hybridized carbons (Fsp3) is 0.375. The molecule has 98 valence electrons. The van der Waals surface area contributed by atoms with Gasteiger partial charge in [0.1, 0.15) is 5.60 Å². The van der Waals surface area contributed by atoms with Crippen LogP contribution in [0.1, 0.15) is 30.7 Å². The molecule has 0 bridgehead atoms. The Morgan fingerprint density at radius 1 is 1.16 bits per heavy atom. The highest BCUT2D eigenvalue weighted by molar-refractivity contribution is 6.08. The summed E-state index contributed by atoms with van der Waals surface area (Å²) in [6, 6.07) is 8.16. The molecule has 0 aliphatic carbocycles. The summed E-state index contributed by atoms with van der Waals surface area (Å²) in [4.78, 5) is 9.21. The molecular weight excluding hydrogens is 236 g/mol. The summed E-state index contributed by atoms with van der Waals surface area (Å²) >= 11 is 0. The zero-order valence-electron chi connectivity index (χ0n) is 11.8. The average Bonchev–Trinajstić information content (AvgIpc) is 2.71. The molecule has 3 heteroatoms. The van der Waals surface area contributed by atoms with Crippen molar-refractivity contribution in [3.05, 3.63) is 41.1 Å². The number of pyridine rings is 1. The molecule has 1 aliphatic rings. The fourth-order valence-electron chi connectivity index (χ4n) is 2.42. The van der Waals surface area contributed by atoms with Gasteiger partial charge in [0.2, 0.25) is 5.90 Å². The number of aromatic nitrogens is 1. The van der Waals surface area contributed by atoms with E-state index in [2.05, 4.69) is 36.8 Å². The number of aliphatic imine (C=N–C) groups is 1. The standard InChI is InChI=1S/C16H18N2O/c1-10-11(2)18-13-8-6-5-7-12(13)14(10)15-17-9-16(3,4)19-15/h5-8H,9H2,1-4H3. The van der Waals surface area contributed by atoms with Crippen LogP contribution in [0.15, 0.2) is 29.3 Å². The lowest BCUT2D eigenvalue weighted by Crippen LogP contribution is -2.24. The first kappa shape index (κ1) is 12.2. The number of benzene rings is 1. The molecule has 1 aromatic carbocycles. The van der Waals surface area contributed by atoms with Crippen LogP contribution in [0.5, 0.6) is 0 Å². The molecule has 0 N–H and O–H groups in total. The Balaban J connectivity index is 2.26. The molecule has 2 heterocycles. The van der Waals surface area contributed by atoms with Crippen molar-refractivity contribution in [1.82, 2.24) is 4.98 Å². The molecule has 19 heavy (non-hydrogen) atoms. The summed E-state index contributed by atoms with van der Waals surface area (Å²) in [6.45, 7) is 8.95. The van der Waals surface area contributed by atoms with Gasteiger partial charge in [0.25, 0.3) is 0 Å². The summed E-state index contributed by atoms with van der Waals surface area (Å²) in [7, 11) is 0. The van der Waals surface area contributed by atoms with Gasteiger partial charge in [-0.25, -0.2) is 4.99 Å². The molecule has 0 atom stereocenters. The van der Waals surface area contributed by atoms with Crippen LogP contribution >= 0.6 is 0 Å². The Hall–Kier alpha value is -1.90. The first-order valence-electron chi connectivity index (χ1n) is 6.58. The highest BCUT2D eigenvalue weighted by Gasteiger charge is 2.30. The third-order valence-corrected chi connectivity index (χ3v) is 3.57. The largest absolute Gasteiger partial charge is 0.469 e. The van der Waals surface area contributed by atoms with E-state index < -0.39 is 0 Å². The van der Waals surface area contributed by atoms with E-state index in [0.29, 0.717) is 6.54 Å². The second-order valence-corrected chi connectivity index (χ2v) is 5.70. The fourth-order valence-corrected chi connectivity index (χ4v) is 2.42. The number of hydrogen-bond donors (Lipinski definition) is 0. The first-order valence-corrected chi connectivity index (χ1v) is 6.58. The predicted octanol–water partition coefficient (Wildman–Crippen LogP) is 3.41. The normalized spacial score (nSPS) is 17.4. The minimum Gasteiger partial charge on any atom is -0.469 e. The average molecular weight is 254 g/mol. The topological polar surface area (TPSA) is 34.5 Å². The lowest BCUT2D eigenvalue weighted by molar-refractivity contribution is 0.131. The molecular formula is C16H18N2O. The molecule has 0 unspecified atom stereocenters. The van der Waals surface area contributed by atoms with Crippen LogP contribution < -0.4 is 0 Å². The summed E-state index contributed by atoms with van der Waals surface area (Å²) in [5, 5.41) is 1.11. The van der Waals surface area contributed by atoms with Gasteiger partial charge >= 0.3 is 0 Å². The second-order valence-electron chi connectivity index (χ2n) is 5.70. The van der Waals surface area contributed by atoms with E-state index in [4.69, 9.17) is 4.74 Å². The van der Waals surface area contributed by atoms with Gasteiger partial charge in [-0.3, -0.25) is 4.98 Å². The summed E-state index contributed by atoms with van der Waals surface area (Å²) < 4.78 is 6.00. The number of ether oxygens (including phenoxy) is 1. The monoisotopic (exact) mass is 254 g/mol. The van der Waals surface area contributed by atoms with Crippen LogP contribution in [0, 0.1) is 13.8 Å². The summed E-state index contributed by atoms with van der Waals surface area (Å²) in [5.41, 5.74) is 4.06. The Morgan fingerprint density at radius 3 is 2.58 bits per heavy atom. The maximum absolute atomic E-state index is 6.00. The summed E-state index contributed by atoms with van der Waals surface area (Å²) in [6.07, 6.45) is 0. The van der Waals surface area contributed by atoms with Crippen LogP contribution in [0.25, 0.3) is 10.9 Å². The van der Waals surface area contributed by atoms with Crippen molar-refractivity contribution in [3.63, 3.8) is 0 Å². The van der Waals surface area contributed by atoms with Gasteiger partial charge in [-0.1, -0.05) is 18.2 Å². The highest BCUT2D eigenvalue weighted by Crippen LogP contribution is 2.28. The predicted molar refractivity (Wildman–Crippen MR) is 77.8 cm³/mol. The van der Waals surface area contributed by atoms with Gasteiger partial charge in [0.15, 0.2) is 0 Å². The Kier molecular flexibility index (Phi) is 2.59. The quantitative estimate of drug-likeness (QED) is 0.781. The van der Waals surface area contributed by atoms with Gasteiger partial charge in [0, 0.05) is 11.1 Å². The molecule has 2 aromatic rings. The van der Waals surface area contributed by atoms with Crippen molar-refractivity contribution in [2.75, 3.05) is 6.54 Å². The third kappa shape index (κ3) is 1.99. The molecule has 0 fully saturated rings. The van der Waals surface area contributed by atoms with Gasteiger partial charge in [0.05, 0.1) is 17.6 Å².